The Labute approximate surface area is 168 Å². The minimum absolute atomic E-state index is 0.0360. The number of non-ortho nitro benzene ring substituents is 1. The molecule has 0 fully saturated rings. The molecule has 1 heterocycles. The maximum absolute atomic E-state index is 12.8. The summed E-state index contributed by atoms with van der Waals surface area (Å²) in [6, 6.07) is 11.4. The predicted molar refractivity (Wildman–Crippen MR) is 101 cm³/mol. The molecule has 3 aromatic carbocycles. The highest BCUT2D eigenvalue weighted by atomic mass is 35.5. The van der Waals surface area contributed by atoms with E-state index in [1.165, 1.54) is 24.3 Å². The lowest BCUT2D eigenvalue weighted by atomic mass is 9.95. The number of halogens is 1. The number of nitro benzene ring substituents is 1. The number of benzene rings is 3. The van der Waals surface area contributed by atoms with Crippen molar-refractivity contribution in [3.63, 3.8) is 0 Å². The fourth-order valence-electron chi connectivity index (χ4n) is 3.00. The lowest BCUT2D eigenvalue weighted by Crippen LogP contribution is -2.41. The summed E-state index contributed by atoms with van der Waals surface area (Å²) in [5.41, 5.74) is -0.418. The van der Waals surface area contributed by atoms with E-state index in [0.717, 1.165) is 24.3 Å². The van der Waals surface area contributed by atoms with Crippen LogP contribution in [0, 0.1) is 10.1 Å². The van der Waals surface area contributed by atoms with Gasteiger partial charge in [0.05, 0.1) is 16.1 Å². The van der Waals surface area contributed by atoms with E-state index in [-0.39, 0.29) is 16.2 Å². The van der Waals surface area contributed by atoms with E-state index >= 15 is 0 Å². The minimum atomic E-state index is -4.71. The summed E-state index contributed by atoms with van der Waals surface area (Å²) in [5.74, 6) is -1.99. The summed E-state index contributed by atoms with van der Waals surface area (Å²) in [7, 11) is -4.71. The first-order chi connectivity index (χ1) is 13.7. The SMILES string of the molecule is O=C1c2cccc3c(Cl)ccc(c23)C(=O)N1OS(=O)(=O)c1cccc([N+](=O)[O-])c1. The van der Waals surface area contributed by atoms with Gasteiger partial charge in [0.2, 0.25) is 0 Å². The molecule has 2 amide bonds. The Balaban J connectivity index is 1.78. The second-order valence-electron chi connectivity index (χ2n) is 6.01. The molecular weight excluding hydrogens is 424 g/mol. The topological polar surface area (TPSA) is 124 Å². The number of amides is 2. The largest absolute Gasteiger partial charge is 0.318 e. The van der Waals surface area contributed by atoms with Crippen molar-refractivity contribution < 1.29 is 27.2 Å². The van der Waals surface area contributed by atoms with Crippen LogP contribution < -0.4 is 0 Å². The van der Waals surface area contributed by atoms with Crippen LogP contribution in [0.25, 0.3) is 10.8 Å². The zero-order valence-electron chi connectivity index (χ0n) is 14.2. The van der Waals surface area contributed by atoms with Crippen LogP contribution in [0.2, 0.25) is 5.02 Å². The molecule has 0 spiro atoms. The number of rotatable bonds is 4. The standard InChI is InChI=1S/C18H9ClN2O7S/c19-15-8-7-14-16-12(15)5-2-6-13(16)17(22)20(18(14)23)28-29(26,27)11-4-1-3-10(9-11)21(24)25/h1-9H. The highest BCUT2D eigenvalue weighted by Gasteiger charge is 2.38. The Morgan fingerprint density at radius 2 is 1.62 bits per heavy atom. The maximum atomic E-state index is 12.8. The molecule has 0 unspecified atom stereocenters. The first-order valence-corrected chi connectivity index (χ1v) is 9.78. The van der Waals surface area contributed by atoms with Crippen LogP contribution in [0.3, 0.4) is 0 Å². The van der Waals surface area contributed by atoms with E-state index in [1.807, 2.05) is 0 Å². The Morgan fingerprint density at radius 3 is 2.31 bits per heavy atom. The van der Waals surface area contributed by atoms with Crippen molar-refractivity contribution in [1.82, 2.24) is 5.06 Å². The van der Waals surface area contributed by atoms with Crippen LogP contribution in [0.4, 0.5) is 5.69 Å². The molecule has 0 bridgehead atoms. The van der Waals surface area contributed by atoms with E-state index in [4.69, 9.17) is 15.9 Å². The van der Waals surface area contributed by atoms with E-state index in [2.05, 4.69) is 0 Å². The zero-order chi connectivity index (χ0) is 20.9. The number of carbonyl (C=O) groups excluding carboxylic acids is 2. The Kier molecular flexibility index (Phi) is 4.34. The number of hydrogen-bond acceptors (Lipinski definition) is 7. The number of carbonyl (C=O) groups is 2. The summed E-state index contributed by atoms with van der Waals surface area (Å²) in [4.78, 5) is 35.1. The number of hydrogen-bond donors (Lipinski definition) is 0. The Bertz CT molecular complexity index is 1320. The van der Waals surface area contributed by atoms with Gasteiger partial charge in [0.25, 0.3) is 17.5 Å². The highest BCUT2D eigenvalue weighted by Crippen LogP contribution is 2.35. The Morgan fingerprint density at radius 1 is 0.966 bits per heavy atom. The van der Waals surface area contributed by atoms with Crippen LogP contribution in [-0.2, 0) is 14.4 Å². The maximum Gasteiger partial charge on any atom is 0.318 e. The third kappa shape index (κ3) is 3.03. The van der Waals surface area contributed by atoms with Crippen molar-refractivity contribution in [2.75, 3.05) is 0 Å². The molecule has 1 aliphatic rings. The smallest absolute Gasteiger partial charge is 0.266 e. The zero-order valence-corrected chi connectivity index (χ0v) is 15.8. The van der Waals surface area contributed by atoms with Crippen molar-refractivity contribution in [3.05, 3.63) is 80.9 Å². The third-order valence-corrected chi connectivity index (χ3v) is 5.81. The summed E-state index contributed by atoms with van der Waals surface area (Å²) in [6.07, 6.45) is 0. The third-order valence-electron chi connectivity index (χ3n) is 4.31. The summed E-state index contributed by atoms with van der Waals surface area (Å²) >= 11 is 6.12. The minimum Gasteiger partial charge on any atom is -0.266 e. The first kappa shape index (κ1) is 19.0. The second kappa shape index (κ2) is 6.62. The summed E-state index contributed by atoms with van der Waals surface area (Å²) in [6.45, 7) is 0. The van der Waals surface area contributed by atoms with Gasteiger partial charge in [-0.05, 0) is 24.3 Å². The van der Waals surface area contributed by atoms with Gasteiger partial charge in [0.15, 0.2) is 0 Å². The summed E-state index contributed by atoms with van der Waals surface area (Å²) < 4.78 is 29.9. The molecule has 0 N–H and O–H groups in total. The predicted octanol–water partition coefficient (Wildman–Crippen LogP) is 3.32. The molecule has 0 saturated heterocycles. The van der Waals surface area contributed by atoms with Crippen LogP contribution in [0.5, 0.6) is 0 Å². The van der Waals surface area contributed by atoms with Gasteiger partial charge in [-0.15, -0.1) is 9.35 Å². The average molecular weight is 433 g/mol. The van der Waals surface area contributed by atoms with Gasteiger partial charge in [-0.2, -0.15) is 8.42 Å². The number of imide groups is 1. The van der Waals surface area contributed by atoms with Crippen LogP contribution >= 0.6 is 11.6 Å². The van der Waals surface area contributed by atoms with E-state index < -0.39 is 37.4 Å². The summed E-state index contributed by atoms with van der Waals surface area (Å²) in [5, 5.41) is 12.1. The van der Waals surface area contributed by atoms with Gasteiger partial charge in [0, 0.05) is 27.9 Å². The van der Waals surface area contributed by atoms with E-state index in [1.54, 1.807) is 6.07 Å². The molecule has 3 aromatic rings. The van der Waals surface area contributed by atoms with Gasteiger partial charge in [-0.1, -0.05) is 29.8 Å². The van der Waals surface area contributed by atoms with Crippen LogP contribution in [0.15, 0.2) is 59.5 Å². The van der Waals surface area contributed by atoms with E-state index in [0.29, 0.717) is 15.8 Å². The van der Waals surface area contributed by atoms with Crippen molar-refractivity contribution in [3.8, 4) is 0 Å². The molecule has 1 aliphatic heterocycles. The lowest BCUT2D eigenvalue weighted by Gasteiger charge is -2.25. The van der Waals surface area contributed by atoms with Crippen molar-refractivity contribution >= 4 is 50.0 Å². The van der Waals surface area contributed by atoms with Gasteiger partial charge in [0.1, 0.15) is 4.90 Å². The van der Waals surface area contributed by atoms with Crippen LogP contribution in [0.1, 0.15) is 20.7 Å². The van der Waals surface area contributed by atoms with Gasteiger partial charge in [-0.3, -0.25) is 19.7 Å². The number of hydroxylamine groups is 2. The molecule has 9 nitrogen and oxygen atoms in total. The first-order valence-electron chi connectivity index (χ1n) is 8.00. The van der Waals surface area contributed by atoms with Crippen molar-refractivity contribution in [2.45, 2.75) is 4.90 Å². The molecule has 0 radical (unpaired) electrons. The molecular formula is C18H9ClN2O7S. The average Bonchev–Trinajstić information content (AvgIpc) is 2.70. The van der Waals surface area contributed by atoms with Gasteiger partial charge in [-0.25, -0.2) is 0 Å². The molecule has 11 heteroatoms. The van der Waals surface area contributed by atoms with Gasteiger partial charge < -0.3 is 0 Å². The second-order valence-corrected chi connectivity index (χ2v) is 7.95. The van der Waals surface area contributed by atoms with Crippen molar-refractivity contribution in [1.29, 1.82) is 0 Å². The molecule has 146 valence electrons. The molecule has 0 aromatic heterocycles. The monoisotopic (exact) mass is 432 g/mol. The number of nitrogens with zero attached hydrogens (tertiary/aromatic N) is 2. The highest BCUT2D eigenvalue weighted by molar-refractivity contribution is 7.86. The fraction of sp³-hybridized carbons (Fsp3) is 0. The number of nitro groups is 1. The molecule has 0 atom stereocenters. The van der Waals surface area contributed by atoms with Crippen molar-refractivity contribution in [2.24, 2.45) is 0 Å². The van der Waals surface area contributed by atoms with Gasteiger partial charge >= 0.3 is 10.1 Å². The normalized spacial score (nSPS) is 13.8. The van der Waals surface area contributed by atoms with E-state index in [9.17, 15) is 28.1 Å². The molecule has 0 saturated carbocycles. The molecule has 0 aliphatic carbocycles. The Hall–Kier alpha value is -3.34. The molecule has 4 rings (SSSR count). The fourth-order valence-corrected chi connectivity index (χ4v) is 4.15. The quantitative estimate of drug-likeness (QED) is 0.352. The molecule has 29 heavy (non-hydrogen) atoms. The lowest BCUT2D eigenvalue weighted by molar-refractivity contribution is -0.385. The van der Waals surface area contributed by atoms with Crippen LogP contribution in [-0.4, -0.2) is 30.2 Å².